The average molecular weight is 380 g/mol. The van der Waals surface area contributed by atoms with Crippen molar-refractivity contribution in [1.82, 2.24) is 15.1 Å². The van der Waals surface area contributed by atoms with Gasteiger partial charge in [-0.25, -0.2) is 9.59 Å². The lowest BCUT2D eigenvalue weighted by atomic mass is 9.97. The molecule has 1 N–H and O–H groups in total. The number of hydrogen-bond donors (Lipinski definition) is 1. The molecule has 1 rings (SSSR count). The minimum atomic E-state index is -0.469. The lowest BCUT2D eigenvalue weighted by Crippen LogP contribution is -2.49. The van der Waals surface area contributed by atoms with E-state index in [9.17, 15) is 9.59 Å². The summed E-state index contributed by atoms with van der Waals surface area (Å²) in [5.74, 6) is 0.293. The van der Waals surface area contributed by atoms with Crippen LogP contribution in [0.3, 0.4) is 0 Å². The smallest absolute Gasteiger partial charge is 0.414 e. The van der Waals surface area contributed by atoms with E-state index in [1.54, 1.807) is 26.1 Å². The maximum atomic E-state index is 12.3. The molecule has 1 heterocycles. The van der Waals surface area contributed by atoms with Crippen LogP contribution < -0.4 is 5.32 Å². The Morgan fingerprint density at radius 1 is 1.41 bits per heavy atom. The van der Waals surface area contributed by atoms with Crippen molar-refractivity contribution in [2.45, 2.75) is 46.3 Å². The summed E-state index contributed by atoms with van der Waals surface area (Å²) < 4.78 is 10.2. The zero-order chi connectivity index (χ0) is 20.6. The quantitative estimate of drug-likeness (QED) is 0.686. The molecular formula is C20H33N3O4. The highest BCUT2D eigenvalue weighted by Crippen LogP contribution is 2.23. The van der Waals surface area contributed by atoms with Crippen molar-refractivity contribution in [3.63, 3.8) is 0 Å². The Bertz CT molecular complexity index is 598. The van der Waals surface area contributed by atoms with Crippen molar-refractivity contribution in [3.05, 3.63) is 36.2 Å². The van der Waals surface area contributed by atoms with Gasteiger partial charge in [-0.15, -0.1) is 0 Å². The Morgan fingerprint density at radius 2 is 2.07 bits per heavy atom. The zero-order valence-corrected chi connectivity index (χ0v) is 17.3. The van der Waals surface area contributed by atoms with Gasteiger partial charge in [0.05, 0.1) is 25.0 Å². The molecule has 0 bridgehead atoms. The number of carbonyl (C=O) groups is 2. The Labute approximate surface area is 162 Å². The molecule has 0 radical (unpaired) electrons. The zero-order valence-electron chi connectivity index (χ0n) is 17.3. The first-order chi connectivity index (χ1) is 12.7. The van der Waals surface area contributed by atoms with E-state index in [0.717, 1.165) is 18.5 Å². The van der Waals surface area contributed by atoms with E-state index in [1.807, 2.05) is 20.0 Å². The lowest BCUT2D eigenvalue weighted by Gasteiger charge is -2.37. The fraction of sp³-hybridized carbons (Fsp3) is 0.600. The number of amides is 2. The average Bonchev–Trinajstić information content (AvgIpc) is 2.62. The molecule has 1 aliphatic rings. The summed E-state index contributed by atoms with van der Waals surface area (Å²) in [5, 5.41) is 3.16. The summed E-state index contributed by atoms with van der Waals surface area (Å²) in [4.78, 5) is 27.6. The number of ether oxygens (including phenoxy) is 2. The van der Waals surface area contributed by atoms with Crippen LogP contribution in [0.25, 0.3) is 0 Å². The first kappa shape index (κ1) is 22.8. The summed E-state index contributed by atoms with van der Waals surface area (Å²) in [6, 6.07) is -0.255. The van der Waals surface area contributed by atoms with Crippen molar-refractivity contribution in [3.8, 4) is 0 Å². The summed E-state index contributed by atoms with van der Waals surface area (Å²) >= 11 is 0. The SMILES string of the molecule is C=C(/C=C\C1=CN(C(=O)OC(C)C)CC(C)N1C(=O)OC)C(CC)CNC. The Morgan fingerprint density at radius 3 is 2.59 bits per heavy atom. The van der Waals surface area contributed by atoms with Crippen LogP contribution in [0, 0.1) is 5.92 Å². The van der Waals surface area contributed by atoms with Gasteiger partial charge in [-0.05, 0) is 46.2 Å². The van der Waals surface area contributed by atoms with Gasteiger partial charge in [0.25, 0.3) is 0 Å². The molecule has 2 amide bonds. The molecule has 0 saturated heterocycles. The summed E-state index contributed by atoms with van der Waals surface area (Å²) in [7, 11) is 3.25. The predicted octanol–water partition coefficient (Wildman–Crippen LogP) is 3.50. The van der Waals surface area contributed by atoms with E-state index < -0.39 is 12.2 Å². The Kier molecular flexibility index (Phi) is 9.08. The first-order valence-electron chi connectivity index (χ1n) is 9.32. The molecule has 2 atom stereocenters. The molecule has 0 aromatic rings. The predicted molar refractivity (Wildman–Crippen MR) is 106 cm³/mol. The molecule has 0 aromatic carbocycles. The maximum Gasteiger partial charge on any atom is 0.414 e. The standard InChI is InChI=1S/C20H33N3O4/c1-8-17(11-21-6)15(4)9-10-18-13-22(19(24)27-14(2)3)12-16(5)23(18)20(25)26-7/h9-10,13-14,16-17,21H,4,8,11-12H2,1-3,5-7H3/b10-9-. The third-order valence-electron chi connectivity index (χ3n) is 4.35. The van der Waals surface area contributed by atoms with Crippen LogP contribution in [-0.4, -0.2) is 61.4 Å². The van der Waals surface area contributed by atoms with E-state index in [-0.39, 0.29) is 12.1 Å². The molecule has 0 aromatic heterocycles. The maximum absolute atomic E-state index is 12.3. The minimum Gasteiger partial charge on any atom is -0.452 e. The fourth-order valence-electron chi connectivity index (χ4n) is 2.91. The molecule has 7 heteroatoms. The van der Waals surface area contributed by atoms with E-state index >= 15 is 0 Å². The van der Waals surface area contributed by atoms with Crippen LogP contribution in [0.5, 0.6) is 0 Å². The van der Waals surface area contributed by atoms with Crippen LogP contribution in [0.1, 0.15) is 34.1 Å². The number of rotatable bonds is 7. The molecule has 2 unspecified atom stereocenters. The Hall–Kier alpha value is -2.28. The van der Waals surface area contributed by atoms with Gasteiger partial charge in [0, 0.05) is 19.3 Å². The van der Waals surface area contributed by atoms with Gasteiger partial charge in [0.15, 0.2) is 0 Å². The molecule has 1 aliphatic heterocycles. The van der Waals surface area contributed by atoms with Gasteiger partial charge in [0.2, 0.25) is 0 Å². The highest BCUT2D eigenvalue weighted by Gasteiger charge is 2.32. The number of allylic oxidation sites excluding steroid dienone is 2. The topological polar surface area (TPSA) is 71.1 Å². The van der Waals surface area contributed by atoms with Gasteiger partial charge in [-0.2, -0.15) is 0 Å². The van der Waals surface area contributed by atoms with Crippen molar-refractivity contribution >= 4 is 12.2 Å². The molecule has 152 valence electrons. The molecule has 27 heavy (non-hydrogen) atoms. The molecule has 0 aliphatic carbocycles. The van der Waals surface area contributed by atoms with E-state index in [1.165, 1.54) is 16.9 Å². The van der Waals surface area contributed by atoms with E-state index in [2.05, 4.69) is 18.8 Å². The highest BCUT2D eigenvalue weighted by atomic mass is 16.6. The van der Waals surface area contributed by atoms with Crippen LogP contribution >= 0.6 is 0 Å². The van der Waals surface area contributed by atoms with Crippen molar-refractivity contribution in [2.75, 3.05) is 27.2 Å². The first-order valence-corrected chi connectivity index (χ1v) is 9.32. The van der Waals surface area contributed by atoms with Crippen LogP contribution in [-0.2, 0) is 9.47 Å². The van der Waals surface area contributed by atoms with Crippen molar-refractivity contribution in [2.24, 2.45) is 5.92 Å². The second kappa shape index (κ2) is 10.8. The monoisotopic (exact) mass is 379 g/mol. The summed E-state index contributed by atoms with van der Waals surface area (Å²) in [6.45, 7) is 12.9. The second-order valence-corrected chi connectivity index (χ2v) is 6.90. The van der Waals surface area contributed by atoms with Gasteiger partial charge in [-0.1, -0.05) is 25.2 Å². The van der Waals surface area contributed by atoms with Crippen molar-refractivity contribution < 1.29 is 19.1 Å². The molecule has 0 saturated carbocycles. The largest absolute Gasteiger partial charge is 0.452 e. The molecule has 0 fully saturated rings. The van der Waals surface area contributed by atoms with Gasteiger partial charge >= 0.3 is 12.2 Å². The Balaban J connectivity index is 3.13. The van der Waals surface area contributed by atoms with Crippen LogP contribution in [0.4, 0.5) is 9.59 Å². The van der Waals surface area contributed by atoms with E-state index in [4.69, 9.17) is 9.47 Å². The molecule has 0 spiro atoms. The summed E-state index contributed by atoms with van der Waals surface area (Å²) in [6.07, 6.45) is 5.12. The minimum absolute atomic E-state index is 0.217. The fourth-order valence-corrected chi connectivity index (χ4v) is 2.91. The van der Waals surface area contributed by atoms with Gasteiger partial charge in [0.1, 0.15) is 0 Å². The van der Waals surface area contributed by atoms with Crippen LogP contribution in [0.2, 0.25) is 0 Å². The van der Waals surface area contributed by atoms with Gasteiger partial charge < -0.3 is 14.8 Å². The van der Waals surface area contributed by atoms with Crippen LogP contribution in [0.15, 0.2) is 36.2 Å². The number of nitrogens with one attached hydrogen (secondary N) is 1. The van der Waals surface area contributed by atoms with Gasteiger partial charge in [-0.3, -0.25) is 9.80 Å². The lowest BCUT2D eigenvalue weighted by molar-refractivity contribution is 0.0718. The second-order valence-electron chi connectivity index (χ2n) is 6.90. The number of hydrogen-bond acceptors (Lipinski definition) is 5. The third-order valence-corrected chi connectivity index (χ3v) is 4.35. The molecule has 7 nitrogen and oxygen atoms in total. The molecular weight excluding hydrogens is 346 g/mol. The van der Waals surface area contributed by atoms with E-state index in [0.29, 0.717) is 18.2 Å². The third kappa shape index (κ3) is 6.43. The summed E-state index contributed by atoms with van der Waals surface area (Å²) in [5.41, 5.74) is 1.51. The number of nitrogens with zero attached hydrogens (tertiary/aromatic N) is 2. The highest BCUT2D eigenvalue weighted by molar-refractivity contribution is 5.74. The van der Waals surface area contributed by atoms with Crippen molar-refractivity contribution in [1.29, 1.82) is 0 Å². The normalized spacial score (nSPS) is 18.5. The number of methoxy groups -OCH3 is 1. The number of carbonyl (C=O) groups excluding carboxylic acids is 2.